The zero-order valence-electron chi connectivity index (χ0n) is 11.9. The van der Waals surface area contributed by atoms with Crippen molar-refractivity contribution in [2.45, 2.75) is 64.1 Å². The second-order valence-corrected chi connectivity index (χ2v) is 5.96. The third-order valence-electron chi connectivity index (χ3n) is 4.02. The smallest absolute Gasteiger partial charge is 0.128 e. The van der Waals surface area contributed by atoms with Gasteiger partial charge < -0.3 is 10.2 Å². The van der Waals surface area contributed by atoms with Gasteiger partial charge in [0, 0.05) is 31.4 Å². The van der Waals surface area contributed by atoms with Gasteiger partial charge in [0.05, 0.1) is 0 Å². The van der Waals surface area contributed by atoms with Crippen molar-refractivity contribution < 1.29 is 0 Å². The van der Waals surface area contributed by atoms with Crippen molar-refractivity contribution in [3.8, 4) is 0 Å². The Morgan fingerprint density at radius 3 is 2.68 bits per heavy atom. The summed E-state index contributed by atoms with van der Waals surface area (Å²) in [6.07, 6.45) is 9.95. The van der Waals surface area contributed by atoms with Crippen LogP contribution in [0.25, 0.3) is 0 Å². The summed E-state index contributed by atoms with van der Waals surface area (Å²) in [6, 6.07) is 5.97. The van der Waals surface area contributed by atoms with Gasteiger partial charge in [-0.3, -0.25) is 0 Å². The molecule has 19 heavy (non-hydrogen) atoms. The van der Waals surface area contributed by atoms with Crippen molar-refractivity contribution in [1.29, 1.82) is 0 Å². The predicted octanol–water partition coefficient (Wildman–Crippen LogP) is 3.10. The molecule has 2 saturated carbocycles. The van der Waals surface area contributed by atoms with E-state index in [0.29, 0.717) is 0 Å². The second-order valence-electron chi connectivity index (χ2n) is 5.96. The lowest BCUT2D eigenvalue weighted by Gasteiger charge is -2.23. The van der Waals surface area contributed by atoms with Gasteiger partial charge in [-0.2, -0.15) is 0 Å². The van der Waals surface area contributed by atoms with Gasteiger partial charge in [0.15, 0.2) is 0 Å². The third kappa shape index (κ3) is 3.69. The monoisotopic (exact) mass is 259 g/mol. The molecular weight excluding hydrogens is 234 g/mol. The van der Waals surface area contributed by atoms with Gasteiger partial charge in [-0.1, -0.05) is 19.4 Å². The number of hydrogen-bond acceptors (Lipinski definition) is 3. The van der Waals surface area contributed by atoms with Crippen LogP contribution in [-0.2, 0) is 6.54 Å². The molecule has 0 unspecified atom stereocenters. The fourth-order valence-corrected chi connectivity index (χ4v) is 2.44. The van der Waals surface area contributed by atoms with Gasteiger partial charge in [-0.15, -0.1) is 0 Å². The van der Waals surface area contributed by atoms with E-state index in [4.69, 9.17) is 0 Å². The van der Waals surface area contributed by atoms with Crippen LogP contribution in [0.5, 0.6) is 0 Å². The van der Waals surface area contributed by atoms with E-state index >= 15 is 0 Å². The molecule has 104 valence electrons. The van der Waals surface area contributed by atoms with Crippen molar-refractivity contribution in [3.05, 3.63) is 23.9 Å². The highest BCUT2D eigenvalue weighted by Gasteiger charge is 2.29. The van der Waals surface area contributed by atoms with Crippen LogP contribution in [0.4, 0.5) is 5.82 Å². The fourth-order valence-electron chi connectivity index (χ4n) is 2.44. The number of hydrogen-bond donors (Lipinski definition) is 1. The summed E-state index contributed by atoms with van der Waals surface area (Å²) >= 11 is 0. The molecule has 1 heterocycles. The minimum atomic E-state index is 0.759. The zero-order valence-corrected chi connectivity index (χ0v) is 11.9. The quantitative estimate of drug-likeness (QED) is 0.777. The van der Waals surface area contributed by atoms with E-state index in [1.54, 1.807) is 0 Å². The van der Waals surface area contributed by atoms with E-state index in [1.165, 1.54) is 49.9 Å². The van der Waals surface area contributed by atoms with Crippen LogP contribution in [-0.4, -0.2) is 23.6 Å². The van der Waals surface area contributed by atoms with Crippen LogP contribution in [0.3, 0.4) is 0 Å². The molecule has 1 aromatic rings. The minimum absolute atomic E-state index is 0.759. The zero-order chi connectivity index (χ0) is 13.1. The number of aromatic nitrogens is 1. The van der Waals surface area contributed by atoms with Crippen LogP contribution >= 0.6 is 0 Å². The molecule has 1 N–H and O–H groups in total. The van der Waals surface area contributed by atoms with E-state index in [1.807, 2.05) is 6.20 Å². The summed E-state index contributed by atoms with van der Waals surface area (Å²) in [5, 5.41) is 3.54. The lowest BCUT2D eigenvalue weighted by atomic mass is 10.2. The van der Waals surface area contributed by atoms with Gasteiger partial charge >= 0.3 is 0 Å². The second kappa shape index (κ2) is 5.91. The molecule has 0 spiro atoms. The maximum atomic E-state index is 4.68. The summed E-state index contributed by atoms with van der Waals surface area (Å²) < 4.78 is 0. The summed E-state index contributed by atoms with van der Waals surface area (Å²) in [5.41, 5.74) is 1.31. The Labute approximate surface area is 116 Å². The van der Waals surface area contributed by atoms with E-state index in [9.17, 15) is 0 Å². The van der Waals surface area contributed by atoms with Gasteiger partial charge in [-0.05, 0) is 43.7 Å². The Morgan fingerprint density at radius 1 is 1.26 bits per heavy atom. The van der Waals surface area contributed by atoms with Crippen LogP contribution in [0, 0.1) is 0 Å². The van der Waals surface area contributed by atoms with Crippen LogP contribution in [0.2, 0.25) is 0 Å². The molecule has 0 bridgehead atoms. The van der Waals surface area contributed by atoms with Crippen molar-refractivity contribution in [1.82, 2.24) is 10.3 Å². The Morgan fingerprint density at radius 2 is 2.11 bits per heavy atom. The highest BCUT2D eigenvalue weighted by Crippen LogP contribution is 2.30. The van der Waals surface area contributed by atoms with Crippen LogP contribution in [0.15, 0.2) is 18.3 Å². The normalized spacial score (nSPS) is 18.6. The average Bonchev–Trinajstić information content (AvgIpc) is 3.31. The molecule has 3 nitrogen and oxygen atoms in total. The van der Waals surface area contributed by atoms with Crippen molar-refractivity contribution in [2.24, 2.45) is 0 Å². The molecule has 3 rings (SSSR count). The average molecular weight is 259 g/mol. The summed E-state index contributed by atoms with van der Waals surface area (Å²) in [7, 11) is 0. The first-order valence-corrected chi connectivity index (χ1v) is 7.82. The standard InChI is InChI=1S/C16H25N3/c1-2-3-10-19(15-7-8-15)16-9-4-13(12-18-16)11-17-14-5-6-14/h4,9,12,14-15,17H,2-3,5-8,10-11H2,1H3. The van der Waals surface area contributed by atoms with Crippen molar-refractivity contribution >= 4 is 5.82 Å². The van der Waals surface area contributed by atoms with Crippen molar-refractivity contribution in [3.63, 3.8) is 0 Å². The van der Waals surface area contributed by atoms with Gasteiger partial charge in [0.25, 0.3) is 0 Å². The molecule has 0 amide bonds. The minimum Gasteiger partial charge on any atom is -0.354 e. The SMILES string of the molecule is CCCCN(c1ccc(CNC2CC2)cn1)C1CC1. The largest absolute Gasteiger partial charge is 0.354 e. The number of unbranched alkanes of at least 4 members (excludes halogenated alkanes) is 1. The van der Waals surface area contributed by atoms with Gasteiger partial charge in [-0.25, -0.2) is 4.98 Å². The van der Waals surface area contributed by atoms with E-state index in [-0.39, 0.29) is 0 Å². The van der Waals surface area contributed by atoms with E-state index in [2.05, 4.69) is 34.3 Å². The molecule has 0 saturated heterocycles. The molecular formula is C16H25N3. The first-order valence-electron chi connectivity index (χ1n) is 7.82. The highest BCUT2D eigenvalue weighted by molar-refractivity contribution is 5.42. The first kappa shape index (κ1) is 12.9. The van der Waals surface area contributed by atoms with Gasteiger partial charge in [0.1, 0.15) is 5.82 Å². The van der Waals surface area contributed by atoms with Gasteiger partial charge in [0.2, 0.25) is 0 Å². The van der Waals surface area contributed by atoms with Crippen molar-refractivity contribution in [2.75, 3.05) is 11.4 Å². The number of anilines is 1. The molecule has 0 radical (unpaired) electrons. The van der Waals surface area contributed by atoms with Crippen LogP contribution in [0.1, 0.15) is 51.0 Å². The molecule has 3 heteroatoms. The summed E-state index contributed by atoms with van der Waals surface area (Å²) in [6.45, 7) is 4.38. The fraction of sp³-hybridized carbons (Fsp3) is 0.688. The Balaban J connectivity index is 1.58. The Bertz CT molecular complexity index is 393. The van der Waals surface area contributed by atoms with Crippen LogP contribution < -0.4 is 10.2 Å². The van der Waals surface area contributed by atoms with E-state index in [0.717, 1.165) is 25.2 Å². The summed E-state index contributed by atoms with van der Waals surface area (Å²) in [5.74, 6) is 1.17. The maximum absolute atomic E-state index is 4.68. The molecule has 2 fully saturated rings. The molecule has 0 aromatic carbocycles. The molecule has 0 atom stereocenters. The number of rotatable bonds is 8. The molecule has 1 aromatic heterocycles. The Hall–Kier alpha value is -1.09. The highest BCUT2D eigenvalue weighted by atomic mass is 15.2. The Kier molecular flexibility index (Phi) is 4.02. The number of nitrogens with one attached hydrogen (secondary N) is 1. The maximum Gasteiger partial charge on any atom is 0.128 e. The molecule has 0 aliphatic heterocycles. The van der Waals surface area contributed by atoms with E-state index < -0.39 is 0 Å². The lowest BCUT2D eigenvalue weighted by Crippen LogP contribution is -2.27. The first-order chi connectivity index (χ1) is 9.36. The molecule has 2 aliphatic carbocycles. The number of pyridine rings is 1. The number of nitrogens with zero attached hydrogens (tertiary/aromatic N) is 2. The third-order valence-corrected chi connectivity index (χ3v) is 4.02. The molecule has 2 aliphatic rings. The summed E-state index contributed by atoms with van der Waals surface area (Å²) in [4.78, 5) is 7.18. The predicted molar refractivity (Wildman–Crippen MR) is 79.4 cm³/mol. The lowest BCUT2D eigenvalue weighted by molar-refractivity contribution is 0.682. The topological polar surface area (TPSA) is 28.2 Å².